The van der Waals surface area contributed by atoms with Crippen molar-refractivity contribution < 1.29 is 19.0 Å². The molecule has 0 saturated carbocycles. The smallest absolute Gasteiger partial charge is 0.322 e. The Bertz CT molecular complexity index is 412. The lowest BCUT2D eigenvalue weighted by atomic mass is 10.2. The summed E-state index contributed by atoms with van der Waals surface area (Å²) in [5.74, 6) is -1.25. The first-order valence-electron chi connectivity index (χ1n) is 5.64. The van der Waals surface area contributed by atoms with Crippen molar-refractivity contribution in [2.75, 3.05) is 25.5 Å². The summed E-state index contributed by atoms with van der Waals surface area (Å²) < 4.78 is 18.6. The molecule has 0 fully saturated rings. The number of nitrogens with one attached hydrogen (secondary N) is 2. The number of carbonyl (C=O) groups is 1. The van der Waals surface area contributed by atoms with Crippen LogP contribution in [0.4, 0.5) is 10.1 Å². The van der Waals surface area contributed by atoms with E-state index in [1.54, 1.807) is 20.0 Å². The van der Waals surface area contributed by atoms with E-state index in [0.717, 1.165) is 0 Å². The van der Waals surface area contributed by atoms with Gasteiger partial charge in [-0.1, -0.05) is 0 Å². The van der Waals surface area contributed by atoms with Gasteiger partial charge in [0, 0.05) is 18.3 Å². The molecule has 0 aromatic heterocycles. The molecule has 18 heavy (non-hydrogen) atoms. The highest BCUT2D eigenvalue weighted by molar-refractivity contribution is 5.74. The molecule has 1 unspecified atom stereocenters. The summed E-state index contributed by atoms with van der Waals surface area (Å²) in [6.45, 7) is 2.33. The molecule has 1 rings (SSSR count). The molecule has 0 aliphatic carbocycles. The van der Waals surface area contributed by atoms with Gasteiger partial charge in [-0.25, -0.2) is 4.39 Å². The molecule has 0 bridgehead atoms. The number of anilines is 1. The first-order chi connectivity index (χ1) is 8.58. The van der Waals surface area contributed by atoms with Crippen molar-refractivity contribution in [3.8, 4) is 5.75 Å². The maximum Gasteiger partial charge on any atom is 0.322 e. The Kier molecular flexibility index (Phi) is 5.38. The quantitative estimate of drug-likeness (QED) is 0.686. The van der Waals surface area contributed by atoms with E-state index < -0.39 is 17.8 Å². The number of halogens is 1. The van der Waals surface area contributed by atoms with Gasteiger partial charge < -0.3 is 20.5 Å². The van der Waals surface area contributed by atoms with Gasteiger partial charge in [-0.05, 0) is 26.1 Å². The highest BCUT2D eigenvalue weighted by Gasteiger charge is 2.14. The van der Waals surface area contributed by atoms with Crippen LogP contribution in [0.3, 0.4) is 0 Å². The lowest BCUT2D eigenvalue weighted by Gasteiger charge is -2.14. The number of rotatable bonds is 7. The fourth-order valence-electron chi connectivity index (χ4n) is 1.42. The molecule has 0 amide bonds. The molecule has 0 aliphatic heterocycles. The number of carboxylic acids is 1. The Morgan fingerprint density at radius 3 is 2.78 bits per heavy atom. The predicted octanol–water partition coefficient (Wildman–Crippen LogP) is 1.31. The summed E-state index contributed by atoms with van der Waals surface area (Å²) in [4.78, 5) is 10.8. The third-order valence-corrected chi connectivity index (χ3v) is 2.39. The maximum atomic E-state index is 13.5. The average Bonchev–Trinajstić information content (AvgIpc) is 2.33. The molecule has 3 N–H and O–H groups in total. The van der Waals surface area contributed by atoms with Crippen LogP contribution in [0.5, 0.6) is 5.75 Å². The molecule has 1 aromatic rings. The molecule has 0 heterocycles. The van der Waals surface area contributed by atoms with E-state index in [2.05, 4.69) is 10.6 Å². The van der Waals surface area contributed by atoms with Crippen molar-refractivity contribution in [2.45, 2.75) is 13.0 Å². The van der Waals surface area contributed by atoms with Crippen LogP contribution < -0.4 is 15.4 Å². The van der Waals surface area contributed by atoms with Crippen LogP contribution in [-0.4, -0.2) is 37.3 Å². The molecular weight excluding hydrogens is 239 g/mol. The fourth-order valence-corrected chi connectivity index (χ4v) is 1.42. The van der Waals surface area contributed by atoms with Gasteiger partial charge in [0.15, 0.2) is 11.6 Å². The van der Waals surface area contributed by atoms with Gasteiger partial charge in [0.2, 0.25) is 0 Å². The van der Waals surface area contributed by atoms with Crippen molar-refractivity contribution in [3.63, 3.8) is 0 Å². The highest BCUT2D eigenvalue weighted by Crippen LogP contribution is 2.20. The Hall–Kier alpha value is -1.82. The topological polar surface area (TPSA) is 70.6 Å². The second kappa shape index (κ2) is 6.80. The van der Waals surface area contributed by atoms with E-state index in [1.165, 1.54) is 12.1 Å². The molecule has 5 nitrogen and oxygen atoms in total. The molecule has 1 atom stereocenters. The summed E-state index contributed by atoms with van der Waals surface area (Å²) in [5.41, 5.74) is 0.512. The van der Waals surface area contributed by atoms with Crippen molar-refractivity contribution in [2.24, 2.45) is 0 Å². The minimum Gasteiger partial charge on any atom is -0.491 e. The Balaban J connectivity index is 2.63. The second-order valence-corrected chi connectivity index (χ2v) is 3.64. The van der Waals surface area contributed by atoms with Crippen molar-refractivity contribution >= 4 is 11.7 Å². The van der Waals surface area contributed by atoms with Crippen LogP contribution in [0.25, 0.3) is 0 Å². The van der Waals surface area contributed by atoms with Gasteiger partial charge in [0.25, 0.3) is 0 Å². The minimum atomic E-state index is -0.962. The van der Waals surface area contributed by atoms with Gasteiger partial charge in [-0.2, -0.15) is 0 Å². The van der Waals surface area contributed by atoms with Crippen molar-refractivity contribution in [1.29, 1.82) is 0 Å². The summed E-state index contributed by atoms with van der Waals surface area (Å²) >= 11 is 0. The molecule has 1 aromatic carbocycles. The number of hydrogen-bond donors (Lipinski definition) is 3. The van der Waals surface area contributed by atoms with Crippen LogP contribution in [-0.2, 0) is 4.79 Å². The number of hydrogen-bond acceptors (Lipinski definition) is 4. The van der Waals surface area contributed by atoms with Crippen LogP contribution in [0.15, 0.2) is 18.2 Å². The maximum absolute atomic E-state index is 13.5. The average molecular weight is 256 g/mol. The summed E-state index contributed by atoms with van der Waals surface area (Å²) in [5, 5.41) is 14.3. The SMILES string of the molecule is CCOc1ccc(NCC(NC)C(=O)O)cc1F. The van der Waals surface area contributed by atoms with Gasteiger partial charge in [0.05, 0.1) is 6.61 Å². The number of benzene rings is 1. The minimum absolute atomic E-state index is 0.166. The Morgan fingerprint density at radius 2 is 2.28 bits per heavy atom. The van der Waals surface area contributed by atoms with E-state index >= 15 is 0 Å². The molecule has 100 valence electrons. The molecule has 0 aliphatic rings. The predicted molar refractivity (Wildman–Crippen MR) is 66.5 cm³/mol. The number of likely N-dealkylation sites (N-methyl/N-ethyl adjacent to an activating group) is 1. The number of carboxylic acid groups (broad SMARTS) is 1. The summed E-state index contributed by atoms with van der Waals surface area (Å²) in [6.07, 6.45) is 0. The molecule has 6 heteroatoms. The lowest BCUT2D eigenvalue weighted by molar-refractivity contribution is -0.138. The van der Waals surface area contributed by atoms with Crippen molar-refractivity contribution in [3.05, 3.63) is 24.0 Å². The van der Waals surface area contributed by atoms with E-state index in [9.17, 15) is 9.18 Å². The van der Waals surface area contributed by atoms with Crippen molar-refractivity contribution in [1.82, 2.24) is 5.32 Å². The molecule has 0 spiro atoms. The van der Waals surface area contributed by atoms with E-state index in [4.69, 9.17) is 9.84 Å². The first kappa shape index (κ1) is 14.2. The van der Waals surface area contributed by atoms with Gasteiger partial charge in [-0.15, -0.1) is 0 Å². The fraction of sp³-hybridized carbons (Fsp3) is 0.417. The third-order valence-electron chi connectivity index (χ3n) is 2.39. The first-order valence-corrected chi connectivity index (χ1v) is 5.64. The van der Waals surface area contributed by atoms with Crippen LogP contribution in [0.1, 0.15) is 6.92 Å². The summed E-state index contributed by atoms with van der Waals surface area (Å²) in [6, 6.07) is 3.71. The Labute approximate surface area is 105 Å². The number of aliphatic carboxylic acids is 1. The Morgan fingerprint density at radius 1 is 1.56 bits per heavy atom. The zero-order valence-corrected chi connectivity index (χ0v) is 10.4. The van der Waals surface area contributed by atoms with Crippen LogP contribution in [0.2, 0.25) is 0 Å². The molecular formula is C12H17FN2O3. The van der Waals surface area contributed by atoms with E-state index in [0.29, 0.717) is 12.3 Å². The van der Waals surface area contributed by atoms with E-state index in [-0.39, 0.29) is 12.3 Å². The standard InChI is InChI=1S/C12H17FN2O3/c1-3-18-11-5-4-8(6-9(11)13)15-7-10(14-2)12(16)17/h4-6,10,14-15H,3,7H2,1-2H3,(H,16,17). The van der Waals surface area contributed by atoms with E-state index in [1.807, 2.05) is 0 Å². The third kappa shape index (κ3) is 3.89. The largest absolute Gasteiger partial charge is 0.491 e. The zero-order valence-electron chi connectivity index (χ0n) is 10.4. The number of ether oxygens (including phenoxy) is 1. The van der Waals surface area contributed by atoms with Gasteiger partial charge in [-0.3, -0.25) is 4.79 Å². The molecule has 0 radical (unpaired) electrons. The lowest BCUT2D eigenvalue weighted by Crippen LogP contribution is -2.39. The summed E-state index contributed by atoms with van der Waals surface area (Å²) in [7, 11) is 1.55. The monoisotopic (exact) mass is 256 g/mol. The highest BCUT2D eigenvalue weighted by atomic mass is 19.1. The van der Waals surface area contributed by atoms with Gasteiger partial charge in [0.1, 0.15) is 6.04 Å². The van der Waals surface area contributed by atoms with Gasteiger partial charge >= 0.3 is 5.97 Å². The van der Waals surface area contributed by atoms with Crippen LogP contribution >= 0.6 is 0 Å². The molecule has 0 saturated heterocycles. The zero-order chi connectivity index (χ0) is 13.5. The second-order valence-electron chi connectivity index (χ2n) is 3.64. The normalized spacial score (nSPS) is 11.9. The van der Waals surface area contributed by atoms with Crippen LogP contribution in [0, 0.1) is 5.82 Å².